The lowest BCUT2D eigenvalue weighted by Gasteiger charge is -2.25. The maximum atomic E-state index is 11.6. The fourth-order valence-electron chi connectivity index (χ4n) is 1.99. The summed E-state index contributed by atoms with van der Waals surface area (Å²) in [5.41, 5.74) is -0.649. The minimum atomic E-state index is -1.28. The summed E-state index contributed by atoms with van der Waals surface area (Å²) in [4.78, 5) is 22.5. The number of carbonyl (C=O) groups is 2. The van der Waals surface area contributed by atoms with Crippen molar-refractivity contribution in [2.45, 2.75) is 12.0 Å². The predicted molar refractivity (Wildman–Crippen MR) is 64.7 cm³/mol. The summed E-state index contributed by atoms with van der Waals surface area (Å²) in [6.45, 7) is 3.62. The van der Waals surface area contributed by atoms with Crippen LogP contribution < -0.4 is 0 Å². The van der Waals surface area contributed by atoms with Crippen molar-refractivity contribution in [1.82, 2.24) is 0 Å². The van der Waals surface area contributed by atoms with Crippen LogP contribution >= 0.6 is 0 Å². The molecule has 92 valence electrons. The van der Waals surface area contributed by atoms with E-state index in [9.17, 15) is 9.59 Å². The third-order valence-corrected chi connectivity index (χ3v) is 2.81. The fraction of sp³-hybridized carbons (Fsp3) is 0.143. The molecule has 1 aliphatic heterocycles. The van der Waals surface area contributed by atoms with E-state index in [-0.39, 0.29) is 5.57 Å². The zero-order valence-corrected chi connectivity index (χ0v) is 9.63. The number of benzene rings is 1. The Hall–Kier alpha value is -2.36. The zero-order chi connectivity index (χ0) is 13.2. The molecule has 0 bridgehead atoms. The molecule has 0 aliphatic carbocycles. The summed E-state index contributed by atoms with van der Waals surface area (Å²) >= 11 is 0. The molecular formula is C14H12O4. The average Bonchev–Trinajstić information content (AvgIpc) is 2.69. The van der Waals surface area contributed by atoms with Gasteiger partial charge in [-0.2, -0.15) is 0 Å². The van der Waals surface area contributed by atoms with E-state index >= 15 is 0 Å². The maximum absolute atomic E-state index is 11.6. The van der Waals surface area contributed by atoms with Gasteiger partial charge in [-0.1, -0.05) is 36.4 Å². The largest absolute Gasteiger partial charge is 0.477 e. The monoisotopic (exact) mass is 244 g/mol. The Labute approximate surface area is 104 Å². The quantitative estimate of drug-likeness (QED) is 0.500. The van der Waals surface area contributed by atoms with E-state index in [1.165, 1.54) is 6.08 Å². The zero-order valence-electron chi connectivity index (χ0n) is 9.63. The molecule has 0 radical (unpaired) electrons. The van der Waals surface area contributed by atoms with Crippen LogP contribution in [0.2, 0.25) is 0 Å². The molecule has 1 atom stereocenters. The molecule has 18 heavy (non-hydrogen) atoms. The van der Waals surface area contributed by atoms with Gasteiger partial charge in [0, 0.05) is 6.42 Å². The van der Waals surface area contributed by atoms with Gasteiger partial charge in [0.2, 0.25) is 0 Å². The standard InChI is InChI=1S/C14H12O4/c1-2-8-14(10-6-4-3-5-7-10)9-11(12(15)16)13(17)18-14/h2-7,9H,1,8H2,(H,15,16). The topological polar surface area (TPSA) is 63.6 Å². The molecule has 2 rings (SSSR count). The second kappa shape index (κ2) is 4.49. The molecular weight excluding hydrogens is 232 g/mol. The van der Waals surface area contributed by atoms with Crippen LogP contribution in [0.25, 0.3) is 0 Å². The van der Waals surface area contributed by atoms with Crippen LogP contribution in [0.3, 0.4) is 0 Å². The lowest BCUT2D eigenvalue weighted by molar-refractivity contribution is -0.149. The van der Waals surface area contributed by atoms with E-state index in [1.54, 1.807) is 30.3 Å². The number of carbonyl (C=O) groups excluding carboxylic acids is 1. The number of hydrogen-bond acceptors (Lipinski definition) is 3. The number of aliphatic carboxylic acids is 1. The number of carboxylic acids is 1. The number of esters is 1. The van der Waals surface area contributed by atoms with E-state index in [2.05, 4.69) is 6.58 Å². The SMILES string of the molecule is C=CCC1(c2ccccc2)C=C(C(=O)O)C(=O)O1. The maximum Gasteiger partial charge on any atom is 0.346 e. The average molecular weight is 244 g/mol. The van der Waals surface area contributed by atoms with E-state index in [0.717, 1.165) is 5.56 Å². The van der Waals surface area contributed by atoms with Crippen molar-refractivity contribution in [1.29, 1.82) is 0 Å². The molecule has 0 saturated heterocycles. The molecule has 4 heteroatoms. The second-order valence-corrected chi connectivity index (χ2v) is 4.00. The van der Waals surface area contributed by atoms with Crippen LogP contribution in [0, 0.1) is 0 Å². The van der Waals surface area contributed by atoms with Crippen molar-refractivity contribution in [2.24, 2.45) is 0 Å². The summed E-state index contributed by atoms with van der Waals surface area (Å²) < 4.78 is 5.27. The molecule has 1 heterocycles. The van der Waals surface area contributed by atoms with Crippen molar-refractivity contribution >= 4 is 11.9 Å². The molecule has 0 aromatic heterocycles. The summed E-state index contributed by atoms with van der Waals surface area (Å²) in [5.74, 6) is -2.09. The Morgan fingerprint density at radius 2 is 2.06 bits per heavy atom. The Kier molecular flexibility index (Phi) is 3.02. The number of rotatable bonds is 4. The molecule has 1 N–H and O–H groups in total. The van der Waals surface area contributed by atoms with Crippen LogP contribution in [0.4, 0.5) is 0 Å². The van der Waals surface area contributed by atoms with Crippen LogP contribution in [-0.4, -0.2) is 17.0 Å². The normalized spacial score (nSPS) is 22.2. The molecule has 1 unspecified atom stereocenters. The Morgan fingerprint density at radius 1 is 1.39 bits per heavy atom. The molecule has 1 aromatic rings. The lowest BCUT2D eigenvalue weighted by Crippen LogP contribution is -2.24. The van der Waals surface area contributed by atoms with Crippen molar-refractivity contribution in [3.05, 3.63) is 60.2 Å². The Morgan fingerprint density at radius 3 is 2.56 bits per heavy atom. The summed E-state index contributed by atoms with van der Waals surface area (Å²) in [6.07, 6.45) is 3.29. The first kappa shape index (κ1) is 12.1. The van der Waals surface area contributed by atoms with Gasteiger partial charge in [-0.05, 0) is 11.6 Å². The first-order valence-corrected chi connectivity index (χ1v) is 5.45. The van der Waals surface area contributed by atoms with Gasteiger partial charge in [-0.25, -0.2) is 9.59 Å². The van der Waals surface area contributed by atoms with Gasteiger partial charge < -0.3 is 9.84 Å². The number of carboxylic acid groups (broad SMARTS) is 1. The minimum Gasteiger partial charge on any atom is -0.477 e. The van der Waals surface area contributed by atoms with Crippen LogP contribution in [0.15, 0.2) is 54.6 Å². The number of ether oxygens (including phenoxy) is 1. The molecule has 0 amide bonds. The first-order chi connectivity index (χ1) is 8.59. The van der Waals surface area contributed by atoms with Gasteiger partial charge in [-0.15, -0.1) is 6.58 Å². The molecule has 4 nitrogen and oxygen atoms in total. The minimum absolute atomic E-state index is 0.333. The van der Waals surface area contributed by atoms with Gasteiger partial charge >= 0.3 is 11.9 Å². The molecule has 0 fully saturated rings. The van der Waals surface area contributed by atoms with E-state index in [0.29, 0.717) is 6.42 Å². The van der Waals surface area contributed by atoms with Gasteiger partial charge in [0.1, 0.15) is 5.57 Å². The lowest BCUT2D eigenvalue weighted by atomic mass is 9.90. The molecule has 1 aliphatic rings. The predicted octanol–water partition coefficient (Wildman–Crippen LogP) is 2.03. The van der Waals surface area contributed by atoms with Gasteiger partial charge in [0.25, 0.3) is 0 Å². The van der Waals surface area contributed by atoms with Gasteiger partial charge in [0.05, 0.1) is 0 Å². The van der Waals surface area contributed by atoms with Gasteiger partial charge in [-0.3, -0.25) is 0 Å². The summed E-state index contributed by atoms with van der Waals surface area (Å²) in [7, 11) is 0. The van der Waals surface area contributed by atoms with Gasteiger partial charge in [0.15, 0.2) is 5.60 Å². The molecule has 0 saturated carbocycles. The highest BCUT2D eigenvalue weighted by molar-refractivity contribution is 6.15. The number of hydrogen-bond donors (Lipinski definition) is 1. The highest BCUT2D eigenvalue weighted by Crippen LogP contribution is 2.38. The highest BCUT2D eigenvalue weighted by Gasteiger charge is 2.43. The fourth-order valence-corrected chi connectivity index (χ4v) is 1.99. The summed E-state index contributed by atoms with van der Waals surface area (Å²) in [5, 5.41) is 8.94. The van der Waals surface area contributed by atoms with Crippen molar-refractivity contribution in [3.63, 3.8) is 0 Å². The smallest absolute Gasteiger partial charge is 0.346 e. The number of cyclic esters (lactones) is 1. The van der Waals surface area contributed by atoms with Crippen LogP contribution in [-0.2, 0) is 19.9 Å². The third-order valence-electron chi connectivity index (χ3n) is 2.81. The van der Waals surface area contributed by atoms with Crippen LogP contribution in [0.5, 0.6) is 0 Å². The van der Waals surface area contributed by atoms with Crippen LogP contribution in [0.1, 0.15) is 12.0 Å². The van der Waals surface area contributed by atoms with Crippen molar-refractivity contribution in [3.8, 4) is 0 Å². The summed E-state index contributed by atoms with van der Waals surface area (Å²) in [6, 6.07) is 9.03. The third kappa shape index (κ3) is 1.93. The Balaban J connectivity index is 2.51. The second-order valence-electron chi connectivity index (χ2n) is 4.00. The first-order valence-electron chi connectivity index (χ1n) is 5.45. The highest BCUT2D eigenvalue weighted by atomic mass is 16.6. The molecule has 0 spiro atoms. The Bertz CT molecular complexity index is 530. The van der Waals surface area contributed by atoms with Crippen molar-refractivity contribution in [2.75, 3.05) is 0 Å². The van der Waals surface area contributed by atoms with E-state index in [4.69, 9.17) is 9.84 Å². The van der Waals surface area contributed by atoms with Crippen molar-refractivity contribution < 1.29 is 19.4 Å². The van der Waals surface area contributed by atoms with E-state index < -0.39 is 17.5 Å². The molecule has 1 aromatic carbocycles. The van der Waals surface area contributed by atoms with E-state index in [1.807, 2.05) is 6.07 Å².